The first-order valence-corrected chi connectivity index (χ1v) is 5.93. The van der Waals surface area contributed by atoms with Gasteiger partial charge in [0.05, 0.1) is 18.9 Å². The number of halogens is 3. The predicted molar refractivity (Wildman–Crippen MR) is 67.9 cm³/mol. The van der Waals surface area contributed by atoms with Gasteiger partial charge in [-0.3, -0.25) is 0 Å². The molecule has 0 aliphatic rings. The maximum Gasteiger partial charge on any atom is 0.419 e. The van der Waals surface area contributed by atoms with Crippen molar-refractivity contribution in [2.45, 2.75) is 12.7 Å². The Labute approximate surface area is 118 Å². The molecule has 2 rings (SSSR count). The van der Waals surface area contributed by atoms with E-state index in [4.69, 9.17) is 4.74 Å². The number of rotatable bonds is 3. The van der Waals surface area contributed by atoms with Crippen molar-refractivity contribution in [1.29, 1.82) is 0 Å². The monoisotopic (exact) mass is 299 g/mol. The van der Waals surface area contributed by atoms with Gasteiger partial charge in [-0.2, -0.15) is 23.0 Å². The molecule has 1 aromatic heterocycles. The third kappa shape index (κ3) is 3.74. The number of nitrogens with zero attached hydrogens (tertiary/aromatic N) is 2. The van der Waals surface area contributed by atoms with Gasteiger partial charge in [-0.25, -0.2) is 4.79 Å². The summed E-state index contributed by atoms with van der Waals surface area (Å²) in [5, 5.41) is 5.86. The number of hydrogen-bond donors (Lipinski definition) is 1. The van der Waals surface area contributed by atoms with Crippen LogP contribution in [0.25, 0.3) is 0 Å². The third-order valence-electron chi connectivity index (χ3n) is 2.70. The fourth-order valence-corrected chi connectivity index (χ4v) is 1.62. The zero-order valence-electron chi connectivity index (χ0n) is 11.0. The van der Waals surface area contributed by atoms with Crippen LogP contribution in [-0.4, -0.2) is 22.9 Å². The van der Waals surface area contributed by atoms with Crippen LogP contribution >= 0.6 is 0 Å². The normalized spacial score (nSPS) is 11.2. The molecule has 0 atom stereocenters. The lowest BCUT2D eigenvalue weighted by molar-refractivity contribution is -0.137. The van der Waals surface area contributed by atoms with Crippen LogP contribution in [0.15, 0.2) is 36.7 Å². The van der Waals surface area contributed by atoms with Gasteiger partial charge in [0.2, 0.25) is 0 Å². The second-order valence-electron chi connectivity index (χ2n) is 4.18. The smallest absolute Gasteiger partial charge is 0.419 e. The molecule has 1 N–H and O–H groups in total. The third-order valence-corrected chi connectivity index (χ3v) is 2.70. The topological polar surface area (TPSA) is 56.1 Å². The van der Waals surface area contributed by atoms with Gasteiger partial charge in [0.25, 0.3) is 0 Å². The van der Waals surface area contributed by atoms with Crippen LogP contribution < -0.4 is 10.1 Å². The summed E-state index contributed by atoms with van der Waals surface area (Å²) in [6, 6.07) is 6.22. The van der Waals surface area contributed by atoms with Crippen molar-refractivity contribution >= 4 is 6.03 Å². The average molecular weight is 299 g/mol. The highest BCUT2D eigenvalue weighted by atomic mass is 19.4. The Morgan fingerprint density at radius 1 is 1.43 bits per heavy atom. The lowest BCUT2D eigenvalue weighted by Gasteiger charge is -2.06. The summed E-state index contributed by atoms with van der Waals surface area (Å²) in [6.07, 6.45) is -3.28. The molecule has 0 radical (unpaired) electrons. The van der Waals surface area contributed by atoms with E-state index in [0.717, 1.165) is 5.56 Å². The zero-order chi connectivity index (χ0) is 15.5. The van der Waals surface area contributed by atoms with Gasteiger partial charge >= 0.3 is 12.2 Å². The fraction of sp³-hybridized carbons (Fsp3) is 0.231. The Hall–Kier alpha value is -2.51. The maximum atomic E-state index is 12.4. The Morgan fingerprint density at radius 2 is 2.19 bits per heavy atom. The van der Waals surface area contributed by atoms with Crippen LogP contribution in [-0.2, 0) is 12.7 Å². The molecular formula is C13H12F3N3O2. The number of aromatic nitrogens is 2. The summed E-state index contributed by atoms with van der Waals surface area (Å²) in [6.45, 7) is 0.150. The van der Waals surface area contributed by atoms with Crippen LogP contribution in [0.1, 0.15) is 11.1 Å². The lowest BCUT2D eigenvalue weighted by Crippen LogP contribution is -2.28. The molecule has 0 aliphatic carbocycles. The van der Waals surface area contributed by atoms with Crippen molar-refractivity contribution in [2.24, 2.45) is 0 Å². The molecule has 112 valence electrons. The Bertz CT molecular complexity index is 638. The highest BCUT2D eigenvalue weighted by molar-refractivity contribution is 5.75. The second kappa shape index (κ2) is 5.86. The highest BCUT2D eigenvalue weighted by Gasteiger charge is 2.32. The molecule has 2 aromatic rings. The predicted octanol–water partition coefficient (Wildman–Crippen LogP) is 2.67. The molecule has 0 spiro atoms. The number of nitrogens with one attached hydrogen (secondary N) is 1. The van der Waals surface area contributed by atoms with Crippen LogP contribution in [0.3, 0.4) is 0 Å². The molecule has 5 nitrogen and oxygen atoms in total. The minimum absolute atomic E-state index is 0.150. The van der Waals surface area contributed by atoms with Gasteiger partial charge in [0.15, 0.2) is 0 Å². The van der Waals surface area contributed by atoms with E-state index in [1.54, 1.807) is 24.3 Å². The summed E-state index contributed by atoms with van der Waals surface area (Å²) in [5.74, 6) is 0.625. The number of hydrogen-bond acceptors (Lipinski definition) is 3. The molecular weight excluding hydrogens is 287 g/mol. The standard InChI is InChI=1S/C13H12F3N3O2/c1-21-11-4-2-3-9(5-11)6-17-12(20)19-8-10(7-18-19)13(14,15)16/h2-5,7-8H,6H2,1H3,(H,17,20). The Kier molecular flexibility index (Phi) is 4.15. The minimum Gasteiger partial charge on any atom is -0.497 e. The first kappa shape index (κ1) is 14.9. The number of carbonyl (C=O) groups excluding carboxylic acids is 1. The van der Waals surface area contributed by atoms with Gasteiger partial charge in [-0.1, -0.05) is 12.1 Å². The quantitative estimate of drug-likeness (QED) is 0.948. The van der Waals surface area contributed by atoms with Gasteiger partial charge < -0.3 is 10.1 Å². The van der Waals surface area contributed by atoms with Gasteiger partial charge in [-0.15, -0.1) is 0 Å². The van der Waals surface area contributed by atoms with Crippen molar-refractivity contribution in [1.82, 2.24) is 15.1 Å². The average Bonchev–Trinajstić information content (AvgIpc) is 2.95. The van der Waals surface area contributed by atoms with Crippen LogP contribution in [0, 0.1) is 0 Å². The molecule has 0 saturated carbocycles. The number of alkyl halides is 3. The van der Waals surface area contributed by atoms with E-state index < -0.39 is 17.8 Å². The molecule has 0 saturated heterocycles. The van der Waals surface area contributed by atoms with Crippen molar-refractivity contribution < 1.29 is 22.7 Å². The van der Waals surface area contributed by atoms with Crippen molar-refractivity contribution in [3.8, 4) is 5.75 Å². The summed E-state index contributed by atoms with van der Waals surface area (Å²) in [7, 11) is 1.51. The number of ether oxygens (including phenoxy) is 1. The van der Waals surface area contributed by atoms with Gasteiger partial charge in [0.1, 0.15) is 5.75 Å². The number of methoxy groups -OCH3 is 1. The van der Waals surface area contributed by atoms with Crippen molar-refractivity contribution in [3.63, 3.8) is 0 Å². The van der Waals surface area contributed by atoms with E-state index in [1.165, 1.54) is 7.11 Å². The van der Waals surface area contributed by atoms with Crippen molar-refractivity contribution in [2.75, 3.05) is 7.11 Å². The van der Waals surface area contributed by atoms with Crippen molar-refractivity contribution in [3.05, 3.63) is 47.8 Å². The van der Waals surface area contributed by atoms with Gasteiger partial charge in [0, 0.05) is 12.7 Å². The Morgan fingerprint density at radius 3 is 2.81 bits per heavy atom. The fourth-order valence-electron chi connectivity index (χ4n) is 1.62. The van der Waals surface area contributed by atoms with Crippen LogP contribution in [0.2, 0.25) is 0 Å². The molecule has 1 amide bonds. The number of amides is 1. The van der Waals surface area contributed by atoms with Crippen LogP contribution in [0.5, 0.6) is 5.75 Å². The summed E-state index contributed by atoms with van der Waals surface area (Å²) >= 11 is 0. The first-order chi connectivity index (χ1) is 9.90. The largest absolute Gasteiger partial charge is 0.497 e. The molecule has 0 fully saturated rings. The van der Waals surface area contributed by atoms with Crippen LogP contribution in [0.4, 0.5) is 18.0 Å². The minimum atomic E-state index is -4.52. The summed E-state index contributed by atoms with van der Waals surface area (Å²) in [5.41, 5.74) is -0.218. The molecule has 21 heavy (non-hydrogen) atoms. The molecule has 0 aliphatic heterocycles. The van der Waals surface area contributed by atoms with E-state index in [1.807, 2.05) is 0 Å². The van der Waals surface area contributed by atoms with E-state index in [9.17, 15) is 18.0 Å². The zero-order valence-corrected chi connectivity index (χ0v) is 11.0. The lowest BCUT2D eigenvalue weighted by atomic mass is 10.2. The van der Waals surface area contributed by atoms with E-state index in [-0.39, 0.29) is 6.54 Å². The summed E-state index contributed by atoms with van der Waals surface area (Å²) in [4.78, 5) is 11.7. The Balaban J connectivity index is 2.00. The number of carbonyl (C=O) groups is 1. The van der Waals surface area contributed by atoms with E-state index >= 15 is 0 Å². The molecule has 1 aromatic carbocycles. The van der Waals surface area contributed by atoms with Gasteiger partial charge in [-0.05, 0) is 17.7 Å². The maximum absolute atomic E-state index is 12.4. The molecule has 0 unspecified atom stereocenters. The number of benzene rings is 1. The highest BCUT2D eigenvalue weighted by Crippen LogP contribution is 2.28. The SMILES string of the molecule is COc1cccc(CNC(=O)n2cc(C(F)(F)F)cn2)c1. The van der Waals surface area contributed by atoms with E-state index in [0.29, 0.717) is 22.8 Å². The second-order valence-corrected chi connectivity index (χ2v) is 4.18. The molecule has 0 bridgehead atoms. The van der Waals surface area contributed by atoms with E-state index in [2.05, 4.69) is 10.4 Å². The first-order valence-electron chi connectivity index (χ1n) is 5.93. The summed E-state index contributed by atoms with van der Waals surface area (Å²) < 4.78 is 42.8. The molecule has 8 heteroatoms. The molecule has 1 heterocycles.